The second-order valence-corrected chi connectivity index (χ2v) is 6.28. The molecular formula is C11H14ClNO4S. The summed E-state index contributed by atoms with van der Waals surface area (Å²) in [5, 5.41) is 11.9. The van der Waals surface area contributed by atoms with E-state index in [4.69, 9.17) is 16.7 Å². The first-order valence-electron chi connectivity index (χ1n) is 5.24. The number of rotatable bonds is 5. The number of hydrogen-bond donors (Lipinski definition) is 2. The minimum atomic E-state index is -3.35. The Kier molecular flexibility index (Phi) is 4.59. The lowest BCUT2D eigenvalue weighted by Gasteiger charge is -2.15. The van der Waals surface area contributed by atoms with Gasteiger partial charge in [-0.25, -0.2) is 13.2 Å². The fourth-order valence-electron chi connectivity index (χ4n) is 1.37. The highest BCUT2D eigenvalue weighted by Gasteiger charge is 2.17. The van der Waals surface area contributed by atoms with E-state index >= 15 is 0 Å². The number of carbonyl (C=O) groups is 1. The zero-order chi connectivity index (χ0) is 13.9. The van der Waals surface area contributed by atoms with Crippen molar-refractivity contribution in [1.29, 1.82) is 0 Å². The van der Waals surface area contributed by atoms with Crippen LogP contribution >= 0.6 is 11.6 Å². The van der Waals surface area contributed by atoms with Crippen LogP contribution in [0.25, 0.3) is 0 Å². The van der Waals surface area contributed by atoms with Gasteiger partial charge >= 0.3 is 5.97 Å². The van der Waals surface area contributed by atoms with Gasteiger partial charge in [-0.3, -0.25) is 0 Å². The third-order valence-corrected chi connectivity index (χ3v) is 3.84. The van der Waals surface area contributed by atoms with Crippen molar-refractivity contribution < 1.29 is 18.3 Å². The van der Waals surface area contributed by atoms with Gasteiger partial charge in [-0.15, -0.1) is 0 Å². The van der Waals surface area contributed by atoms with Gasteiger partial charge in [0, 0.05) is 6.26 Å². The number of benzene rings is 1. The Balaban J connectivity index is 3.12. The molecule has 0 aliphatic rings. The van der Waals surface area contributed by atoms with E-state index in [2.05, 4.69) is 5.32 Å². The van der Waals surface area contributed by atoms with E-state index in [0.717, 1.165) is 6.26 Å². The van der Waals surface area contributed by atoms with Gasteiger partial charge in [0.1, 0.15) is 6.04 Å². The SMILES string of the molecule is CCC(Nc1cc(S(C)(=O)=O)ccc1Cl)C(=O)O. The second kappa shape index (κ2) is 5.58. The summed E-state index contributed by atoms with van der Waals surface area (Å²) in [4.78, 5) is 11.0. The average molecular weight is 292 g/mol. The summed E-state index contributed by atoms with van der Waals surface area (Å²) in [6, 6.07) is 3.33. The molecule has 0 amide bonds. The van der Waals surface area contributed by atoms with Crippen LogP contribution in [0.4, 0.5) is 5.69 Å². The van der Waals surface area contributed by atoms with E-state index in [1.807, 2.05) is 0 Å². The van der Waals surface area contributed by atoms with E-state index in [1.54, 1.807) is 6.92 Å². The summed E-state index contributed by atoms with van der Waals surface area (Å²) < 4.78 is 22.8. The summed E-state index contributed by atoms with van der Waals surface area (Å²) >= 11 is 5.90. The monoisotopic (exact) mass is 291 g/mol. The Labute approximate surface area is 111 Å². The molecule has 100 valence electrons. The van der Waals surface area contributed by atoms with Crippen LogP contribution in [-0.2, 0) is 14.6 Å². The molecule has 1 atom stereocenters. The Bertz CT molecular complexity index is 556. The highest BCUT2D eigenvalue weighted by molar-refractivity contribution is 7.90. The van der Waals surface area contributed by atoms with Gasteiger partial charge in [0.25, 0.3) is 0 Å². The minimum absolute atomic E-state index is 0.0923. The molecule has 0 heterocycles. The maximum Gasteiger partial charge on any atom is 0.326 e. The fourth-order valence-corrected chi connectivity index (χ4v) is 2.19. The quantitative estimate of drug-likeness (QED) is 0.867. The standard InChI is InChI=1S/C11H14ClNO4S/c1-3-9(11(14)15)13-10-6-7(18(2,16)17)4-5-8(10)12/h4-6,9,13H,3H2,1-2H3,(H,14,15). The number of aliphatic carboxylic acids is 1. The van der Waals surface area contributed by atoms with Crippen molar-refractivity contribution in [3.8, 4) is 0 Å². The number of halogens is 1. The molecule has 0 bridgehead atoms. The molecular weight excluding hydrogens is 278 g/mol. The van der Waals surface area contributed by atoms with Gasteiger partial charge in [0.15, 0.2) is 9.84 Å². The molecule has 2 N–H and O–H groups in total. The van der Waals surface area contributed by atoms with Crippen LogP contribution in [0.15, 0.2) is 23.1 Å². The predicted molar refractivity (Wildman–Crippen MR) is 69.9 cm³/mol. The van der Waals surface area contributed by atoms with Crippen LogP contribution in [0.3, 0.4) is 0 Å². The number of carboxylic acids is 1. The third kappa shape index (κ3) is 3.61. The average Bonchev–Trinajstić information content (AvgIpc) is 2.25. The zero-order valence-corrected chi connectivity index (χ0v) is 11.5. The maximum atomic E-state index is 11.4. The largest absolute Gasteiger partial charge is 0.480 e. The number of sulfone groups is 1. The summed E-state index contributed by atoms with van der Waals surface area (Å²) in [7, 11) is -3.35. The van der Waals surface area contributed by atoms with Crippen LogP contribution < -0.4 is 5.32 Å². The molecule has 5 nitrogen and oxygen atoms in total. The molecule has 1 aromatic rings. The summed E-state index contributed by atoms with van der Waals surface area (Å²) in [5.74, 6) is -1.02. The smallest absolute Gasteiger partial charge is 0.326 e. The first-order valence-corrected chi connectivity index (χ1v) is 7.51. The molecule has 7 heteroatoms. The Morgan fingerprint density at radius 1 is 1.50 bits per heavy atom. The van der Waals surface area contributed by atoms with Crippen molar-refractivity contribution in [3.05, 3.63) is 23.2 Å². The molecule has 0 saturated carbocycles. The molecule has 1 rings (SSSR count). The molecule has 18 heavy (non-hydrogen) atoms. The second-order valence-electron chi connectivity index (χ2n) is 3.86. The van der Waals surface area contributed by atoms with Crippen LogP contribution in [-0.4, -0.2) is 31.8 Å². The molecule has 0 spiro atoms. The van der Waals surface area contributed by atoms with Crippen molar-refractivity contribution in [2.24, 2.45) is 0 Å². The van der Waals surface area contributed by atoms with E-state index in [9.17, 15) is 13.2 Å². The van der Waals surface area contributed by atoms with E-state index in [-0.39, 0.29) is 9.92 Å². The van der Waals surface area contributed by atoms with Gasteiger partial charge in [-0.05, 0) is 24.6 Å². The topological polar surface area (TPSA) is 83.5 Å². The molecule has 1 unspecified atom stereocenters. The lowest BCUT2D eigenvalue weighted by molar-refractivity contribution is -0.137. The van der Waals surface area contributed by atoms with Gasteiger partial charge in [0.2, 0.25) is 0 Å². The third-order valence-electron chi connectivity index (χ3n) is 2.40. The molecule has 0 radical (unpaired) electrons. The van der Waals surface area contributed by atoms with Gasteiger partial charge < -0.3 is 10.4 Å². The lowest BCUT2D eigenvalue weighted by Crippen LogP contribution is -2.28. The van der Waals surface area contributed by atoms with E-state index < -0.39 is 21.8 Å². The van der Waals surface area contributed by atoms with Gasteiger partial charge in [0.05, 0.1) is 15.6 Å². The van der Waals surface area contributed by atoms with Crippen LogP contribution in [0.1, 0.15) is 13.3 Å². The molecule has 0 fully saturated rings. The Morgan fingerprint density at radius 3 is 2.56 bits per heavy atom. The maximum absolute atomic E-state index is 11.4. The number of hydrogen-bond acceptors (Lipinski definition) is 4. The normalized spacial score (nSPS) is 13.1. The number of anilines is 1. The predicted octanol–water partition coefficient (Wildman–Crippen LogP) is 2.02. The Morgan fingerprint density at radius 2 is 2.11 bits per heavy atom. The highest BCUT2D eigenvalue weighted by Crippen LogP contribution is 2.26. The van der Waals surface area contributed by atoms with E-state index in [0.29, 0.717) is 12.1 Å². The first-order chi connectivity index (χ1) is 8.25. The summed E-state index contributed by atoms with van der Waals surface area (Å²) in [5.41, 5.74) is 0.300. The van der Waals surface area contributed by atoms with Crippen LogP contribution in [0, 0.1) is 0 Å². The molecule has 0 aliphatic heterocycles. The number of carboxylic acid groups (broad SMARTS) is 1. The fraction of sp³-hybridized carbons (Fsp3) is 0.364. The Hall–Kier alpha value is -1.27. The first kappa shape index (κ1) is 14.8. The number of nitrogens with one attached hydrogen (secondary N) is 1. The van der Waals surface area contributed by atoms with Gasteiger partial charge in [-0.2, -0.15) is 0 Å². The zero-order valence-electron chi connectivity index (χ0n) is 9.97. The molecule has 1 aromatic carbocycles. The van der Waals surface area contributed by atoms with Crippen molar-refractivity contribution in [2.75, 3.05) is 11.6 Å². The lowest BCUT2D eigenvalue weighted by atomic mass is 10.2. The van der Waals surface area contributed by atoms with Crippen LogP contribution in [0.2, 0.25) is 5.02 Å². The summed E-state index contributed by atoms with van der Waals surface area (Å²) in [6.45, 7) is 1.71. The van der Waals surface area contributed by atoms with Gasteiger partial charge in [-0.1, -0.05) is 18.5 Å². The van der Waals surface area contributed by atoms with Crippen molar-refractivity contribution in [2.45, 2.75) is 24.3 Å². The summed E-state index contributed by atoms with van der Waals surface area (Å²) in [6.07, 6.45) is 1.43. The van der Waals surface area contributed by atoms with Crippen molar-refractivity contribution in [3.63, 3.8) is 0 Å². The van der Waals surface area contributed by atoms with E-state index in [1.165, 1.54) is 18.2 Å². The highest BCUT2D eigenvalue weighted by atomic mass is 35.5. The minimum Gasteiger partial charge on any atom is -0.480 e. The molecule has 0 saturated heterocycles. The van der Waals surface area contributed by atoms with Crippen molar-refractivity contribution >= 4 is 33.1 Å². The molecule has 0 aromatic heterocycles. The molecule has 0 aliphatic carbocycles. The van der Waals surface area contributed by atoms with Crippen LogP contribution in [0.5, 0.6) is 0 Å². The van der Waals surface area contributed by atoms with Crippen molar-refractivity contribution in [1.82, 2.24) is 0 Å².